The lowest BCUT2D eigenvalue weighted by atomic mass is 9.86. The number of fused-ring (bicyclic) bond motifs is 6. The molecule has 7 aromatic carbocycles. The summed E-state index contributed by atoms with van der Waals surface area (Å²) in [5.41, 5.74) is 20.8. The average Bonchev–Trinajstić information content (AvgIpc) is 3.71. The van der Waals surface area contributed by atoms with Crippen LogP contribution in [0.5, 0.6) is 0 Å². The molecule has 2 N–H and O–H groups in total. The lowest BCUT2D eigenvalue weighted by molar-refractivity contribution is 0.670. The predicted octanol–water partition coefficient (Wildman–Crippen LogP) is 12.6. The van der Waals surface area contributed by atoms with Gasteiger partial charge in [-0.05, 0) is 59.3 Å². The Balaban J connectivity index is 0.951. The van der Waals surface area contributed by atoms with Crippen LogP contribution in [0.25, 0.3) is 107 Å². The first-order valence-electron chi connectivity index (χ1n) is 19.7. The van der Waals surface area contributed by atoms with Crippen LogP contribution in [0.4, 0.5) is 0 Å². The highest BCUT2D eigenvalue weighted by molar-refractivity contribution is 7.79. The summed E-state index contributed by atoms with van der Waals surface area (Å²) in [6, 6.07) is 57.4. The van der Waals surface area contributed by atoms with Crippen LogP contribution >= 0.6 is 12.8 Å². The van der Waals surface area contributed by atoms with E-state index in [0.29, 0.717) is 17.5 Å². The Hall–Kier alpha value is -7.52. The molecule has 0 bridgehead atoms. The van der Waals surface area contributed by atoms with Gasteiger partial charge in [0.2, 0.25) is 0 Å². The highest BCUT2D eigenvalue weighted by Crippen LogP contribution is 2.39. The van der Waals surface area contributed by atoms with Crippen molar-refractivity contribution in [3.8, 4) is 67.7 Å². The summed E-state index contributed by atoms with van der Waals surface area (Å²) in [5, 5.41) is 3.22. The predicted molar refractivity (Wildman–Crippen MR) is 247 cm³/mol. The lowest BCUT2D eigenvalue weighted by Crippen LogP contribution is -2.24. The van der Waals surface area contributed by atoms with Crippen LogP contribution in [0.1, 0.15) is 17.2 Å². The molecule has 7 nitrogen and oxygen atoms in total. The fourth-order valence-corrected chi connectivity index (χ4v) is 8.47. The van der Waals surface area contributed by atoms with Crippen LogP contribution in [0.3, 0.4) is 0 Å². The van der Waals surface area contributed by atoms with Gasteiger partial charge in [-0.3, -0.25) is 0 Å². The molecule has 0 radical (unpaired) electrons. The molecule has 10 aromatic rings. The molecule has 284 valence electrons. The van der Waals surface area contributed by atoms with E-state index >= 15 is 0 Å². The smallest absolute Gasteiger partial charge is 0.164 e. The van der Waals surface area contributed by atoms with Crippen molar-refractivity contribution in [2.75, 3.05) is 0 Å². The van der Waals surface area contributed by atoms with E-state index in [2.05, 4.69) is 108 Å². The minimum atomic E-state index is -0.405. The van der Waals surface area contributed by atoms with Crippen LogP contribution < -0.4 is 5.73 Å². The molecule has 1 aliphatic rings. The van der Waals surface area contributed by atoms with Crippen LogP contribution in [-0.4, -0.2) is 25.6 Å². The van der Waals surface area contributed by atoms with Crippen molar-refractivity contribution in [2.45, 2.75) is 6.04 Å². The van der Waals surface area contributed by atoms with Gasteiger partial charge in [0.25, 0.3) is 0 Å². The Labute approximate surface area is 351 Å². The fourth-order valence-electron chi connectivity index (χ4n) is 8.27. The highest BCUT2D eigenvalue weighted by Gasteiger charge is 2.25. The maximum absolute atomic E-state index is 6.74. The summed E-state index contributed by atoms with van der Waals surface area (Å²) >= 11 is 4.18. The van der Waals surface area contributed by atoms with Gasteiger partial charge in [0.1, 0.15) is 11.2 Å². The van der Waals surface area contributed by atoms with Crippen LogP contribution in [-0.2, 0) is 0 Å². The van der Waals surface area contributed by atoms with Gasteiger partial charge in [0.15, 0.2) is 17.5 Å². The van der Waals surface area contributed by atoms with E-state index in [4.69, 9.17) is 30.1 Å². The number of hydrogen-bond acceptors (Lipinski definition) is 8. The normalized spacial score (nSPS) is 14.3. The number of aromatic nitrogens is 4. The molecule has 1 atom stereocenters. The molecule has 60 heavy (non-hydrogen) atoms. The Morgan fingerprint density at radius 3 is 1.85 bits per heavy atom. The zero-order valence-electron chi connectivity index (χ0n) is 32.1. The molecule has 11 rings (SSSR count). The van der Waals surface area contributed by atoms with Gasteiger partial charge in [-0.25, -0.2) is 24.3 Å². The molecule has 3 heterocycles. The monoisotopic (exact) mass is 790 g/mol. The lowest BCUT2D eigenvalue weighted by Gasteiger charge is -2.23. The third-order valence-electron chi connectivity index (χ3n) is 11.3. The molecule has 1 aliphatic carbocycles. The van der Waals surface area contributed by atoms with Gasteiger partial charge in [-0.1, -0.05) is 158 Å². The average molecular weight is 791 g/mol. The van der Waals surface area contributed by atoms with Gasteiger partial charge < -0.3 is 10.2 Å². The Kier molecular flexibility index (Phi) is 8.73. The largest absolute Gasteiger partial charge is 0.455 e. The molecule has 8 heteroatoms. The molecular formula is C52H34N6OS. The van der Waals surface area contributed by atoms with Crippen molar-refractivity contribution in [1.82, 2.24) is 19.9 Å². The Bertz CT molecular complexity index is 3340. The molecule has 1 unspecified atom stereocenters. The number of benzene rings is 7. The highest BCUT2D eigenvalue weighted by atomic mass is 32.1. The number of rotatable bonds is 6. The van der Waals surface area contributed by atoms with Gasteiger partial charge in [0, 0.05) is 49.5 Å². The summed E-state index contributed by atoms with van der Waals surface area (Å²) in [7, 11) is 0. The number of hydrogen-bond donors (Lipinski definition) is 2. The summed E-state index contributed by atoms with van der Waals surface area (Å²) in [5.74, 6) is 1.79. The first kappa shape index (κ1) is 35.6. The maximum atomic E-state index is 6.74. The van der Waals surface area contributed by atoms with Gasteiger partial charge >= 0.3 is 0 Å². The molecule has 0 amide bonds. The summed E-state index contributed by atoms with van der Waals surface area (Å²) < 4.78 is 10.5. The number of nitrogens with two attached hydrogens (primary N) is 1. The zero-order valence-corrected chi connectivity index (χ0v) is 33.0. The molecule has 0 aliphatic heterocycles. The van der Waals surface area contributed by atoms with Crippen molar-refractivity contribution in [1.29, 1.82) is 0 Å². The van der Waals surface area contributed by atoms with E-state index in [-0.39, 0.29) is 0 Å². The number of furan rings is 1. The number of nitrogens with zero attached hydrogens (tertiary/aromatic N) is 5. The summed E-state index contributed by atoms with van der Waals surface area (Å²) in [6.45, 7) is 0. The van der Waals surface area contributed by atoms with Crippen molar-refractivity contribution in [3.63, 3.8) is 0 Å². The first-order chi connectivity index (χ1) is 29.6. The molecule has 3 aromatic heterocycles. The molecule has 0 saturated carbocycles. The van der Waals surface area contributed by atoms with Gasteiger partial charge in [-0.15, -0.1) is 0 Å². The molecule has 0 saturated heterocycles. The van der Waals surface area contributed by atoms with Crippen molar-refractivity contribution in [2.24, 2.45) is 10.1 Å². The third-order valence-corrected chi connectivity index (χ3v) is 11.5. The molecular weight excluding hydrogens is 757 g/mol. The number of para-hydroxylation sites is 3. The third kappa shape index (κ3) is 6.17. The minimum absolute atomic E-state index is 0.405. The quantitative estimate of drug-likeness (QED) is 0.163. The van der Waals surface area contributed by atoms with E-state index < -0.39 is 6.04 Å². The second-order valence-electron chi connectivity index (χ2n) is 14.8. The summed E-state index contributed by atoms with van der Waals surface area (Å²) in [6.07, 6.45) is 3.97. The van der Waals surface area contributed by atoms with E-state index in [9.17, 15) is 0 Å². The topological polar surface area (TPSA) is 103 Å². The maximum Gasteiger partial charge on any atom is 0.164 e. The van der Waals surface area contributed by atoms with Crippen LogP contribution in [0, 0.1) is 0 Å². The van der Waals surface area contributed by atoms with Crippen LogP contribution in [0.2, 0.25) is 0 Å². The standard InChI is InChI=1S/C52H34N6OS/c53-47-44(58-60)29-28-42-46(47)41-15-4-6-18-43(41)54-48(42)33-24-20-31(21-25-33)36-12-8-13-37(30-36)52-56-50(34-10-2-1-3-11-34)55-51(57-52)35-26-22-32(23-27-35)38-16-9-17-40-39-14-5-7-19-45(39)59-49(38)40/h1-30,47,60H,53H2. The van der Waals surface area contributed by atoms with E-state index in [1.54, 1.807) is 0 Å². The Morgan fingerprint density at radius 2 is 1.07 bits per heavy atom. The second-order valence-corrected chi connectivity index (χ2v) is 15.0. The van der Waals surface area contributed by atoms with Gasteiger partial charge in [-0.2, -0.15) is 0 Å². The molecule has 0 spiro atoms. The van der Waals surface area contributed by atoms with Crippen molar-refractivity contribution in [3.05, 3.63) is 187 Å². The second kappa shape index (κ2) is 14.7. The fraction of sp³-hybridized carbons (Fsp3) is 0.0192. The SMILES string of the molecule is NC1C(=NS)C=Cc2c(-c3ccc(-c4cccc(-c5nc(-c6ccccc6)nc(-c6ccc(-c7cccc8c7oc7ccccc78)cc6)n5)c4)cc3)nc3ccccc3c21. The van der Waals surface area contributed by atoms with E-state index in [0.717, 1.165) is 99.9 Å². The zero-order chi connectivity index (χ0) is 40.2. The number of thiol groups is 1. The summed E-state index contributed by atoms with van der Waals surface area (Å²) in [4.78, 5) is 20.2. The number of pyridine rings is 1. The molecule has 0 fully saturated rings. The van der Waals surface area contributed by atoms with Crippen molar-refractivity contribution < 1.29 is 4.42 Å². The minimum Gasteiger partial charge on any atom is -0.455 e. The van der Waals surface area contributed by atoms with E-state index in [1.807, 2.05) is 91.0 Å². The Morgan fingerprint density at radius 1 is 0.483 bits per heavy atom. The van der Waals surface area contributed by atoms with Gasteiger partial charge in [0.05, 0.1) is 23.0 Å². The van der Waals surface area contributed by atoms with E-state index in [1.165, 1.54) is 0 Å². The van der Waals surface area contributed by atoms with Crippen molar-refractivity contribution >= 4 is 57.4 Å². The first-order valence-corrected chi connectivity index (χ1v) is 20.1. The van der Waals surface area contributed by atoms with Crippen LogP contribution in [0.15, 0.2) is 185 Å².